The Balaban J connectivity index is 3.05. The van der Waals surface area contributed by atoms with Crippen LogP contribution >= 0.6 is 0 Å². The number of carboxylic acid groups (broad SMARTS) is 1. The lowest BCUT2D eigenvalue weighted by molar-refractivity contribution is -0.131. The standard InChI is InChI=1S/C15H18N2O3/c1-11(10-20-3)17(2)14-6-4-12(5-7-15(18)19)8-13(14)9-16/h4-8,11H,10H2,1-3H3,(H,18,19)/b7-5+. The molecule has 5 heteroatoms. The number of methoxy groups -OCH3 is 1. The van der Waals surface area contributed by atoms with Gasteiger partial charge in [-0.2, -0.15) is 5.26 Å². The van der Waals surface area contributed by atoms with Crippen LogP contribution in [0.25, 0.3) is 6.08 Å². The van der Waals surface area contributed by atoms with E-state index in [1.165, 1.54) is 6.08 Å². The number of likely N-dealkylation sites (N-methyl/N-ethyl adjacent to an activating group) is 1. The van der Waals surface area contributed by atoms with Gasteiger partial charge < -0.3 is 14.7 Å². The molecule has 0 aliphatic rings. The zero-order valence-electron chi connectivity index (χ0n) is 11.8. The minimum atomic E-state index is -1.02. The Morgan fingerprint density at radius 2 is 2.30 bits per heavy atom. The predicted molar refractivity (Wildman–Crippen MR) is 77.6 cm³/mol. The second-order valence-corrected chi connectivity index (χ2v) is 4.48. The zero-order chi connectivity index (χ0) is 15.1. The van der Waals surface area contributed by atoms with Crippen LogP contribution in [0.4, 0.5) is 5.69 Å². The van der Waals surface area contributed by atoms with E-state index in [0.29, 0.717) is 17.7 Å². The van der Waals surface area contributed by atoms with E-state index in [2.05, 4.69) is 6.07 Å². The number of nitrogens with zero attached hydrogens (tertiary/aromatic N) is 2. The van der Waals surface area contributed by atoms with Crippen molar-refractivity contribution in [1.82, 2.24) is 0 Å². The lowest BCUT2D eigenvalue weighted by atomic mass is 10.1. The zero-order valence-corrected chi connectivity index (χ0v) is 11.8. The molecule has 0 saturated heterocycles. The van der Waals surface area contributed by atoms with Gasteiger partial charge in [0.2, 0.25) is 0 Å². The number of carboxylic acids is 1. The van der Waals surface area contributed by atoms with E-state index in [1.54, 1.807) is 19.2 Å². The minimum absolute atomic E-state index is 0.132. The van der Waals surface area contributed by atoms with Gasteiger partial charge in [-0.3, -0.25) is 0 Å². The molecule has 1 rings (SSSR count). The Morgan fingerprint density at radius 1 is 1.60 bits per heavy atom. The molecule has 1 N–H and O–H groups in total. The average molecular weight is 274 g/mol. The fourth-order valence-electron chi connectivity index (χ4n) is 1.81. The van der Waals surface area contributed by atoms with Crippen LogP contribution < -0.4 is 4.90 Å². The number of hydrogen-bond acceptors (Lipinski definition) is 4. The lowest BCUT2D eigenvalue weighted by Crippen LogP contribution is -2.33. The SMILES string of the molecule is COCC(C)N(C)c1ccc(/C=C/C(=O)O)cc1C#N. The molecular formula is C15H18N2O3. The molecule has 0 heterocycles. The maximum atomic E-state index is 10.5. The van der Waals surface area contributed by atoms with Gasteiger partial charge in [0.15, 0.2) is 0 Å². The Bertz CT molecular complexity index is 547. The molecule has 1 aromatic rings. The summed E-state index contributed by atoms with van der Waals surface area (Å²) < 4.78 is 5.11. The molecular weight excluding hydrogens is 256 g/mol. The number of nitriles is 1. The summed E-state index contributed by atoms with van der Waals surface area (Å²) in [6, 6.07) is 7.54. The summed E-state index contributed by atoms with van der Waals surface area (Å²) in [7, 11) is 3.53. The molecule has 0 amide bonds. The van der Waals surface area contributed by atoms with Gasteiger partial charge >= 0.3 is 5.97 Å². The second-order valence-electron chi connectivity index (χ2n) is 4.48. The molecule has 0 fully saturated rings. The number of aliphatic carboxylic acids is 1. The number of anilines is 1. The van der Waals surface area contributed by atoms with Crippen molar-refractivity contribution in [3.63, 3.8) is 0 Å². The Kier molecular flexibility index (Phi) is 5.75. The summed E-state index contributed by atoms with van der Waals surface area (Å²) in [5.41, 5.74) is 1.98. The molecule has 1 aromatic carbocycles. The van der Waals surface area contributed by atoms with Gasteiger partial charge in [-0.1, -0.05) is 6.07 Å². The molecule has 0 aliphatic carbocycles. The molecule has 0 saturated carbocycles. The van der Waals surface area contributed by atoms with E-state index in [9.17, 15) is 10.1 Å². The highest BCUT2D eigenvalue weighted by Gasteiger charge is 2.13. The summed E-state index contributed by atoms with van der Waals surface area (Å²) in [6.07, 6.45) is 2.51. The molecule has 0 spiro atoms. The van der Waals surface area contributed by atoms with E-state index in [4.69, 9.17) is 9.84 Å². The molecule has 0 radical (unpaired) electrons. The predicted octanol–water partition coefficient (Wildman–Crippen LogP) is 2.13. The van der Waals surface area contributed by atoms with Crippen molar-refractivity contribution in [2.45, 2.75) is 13.0 Å². The first-order chi connectivity index (χ1) is 9.49. The van der Waals surface area contributed by atoms with E-state index in [1.807, 2.05) is 24.9 Å². The van der Waals surface area contributed by atoms with Crippen LogP contribution in [0.15, 0.2) is 24.3 Å². The van der Waals surface area contributed by atoms with Crippen LogP contribution in [-0.2, 0) is 9.53 Å². The number of rotatable bonds is 6. The van der Waals surface area contributed by atoms with Crippen molar-refractivity contribution in [3.05, 3.63) is 35.4 Å². The first-order valence-electron chi connectivity index (χ1n) is 6.16. The van der Waals surface area contributed by atoms with Crippen molar-refractivity contribution in [1.29, 1.82) is 5.26 Å². The number of carbonyl (C=O) groups is 1. The van der Waals surface area contributed by atoms with Gasteiger partial charge in [0, 0.05) is 26.3 Å². The van der Waals surface area contributed by atoms with Gasteiger partial charge in [-0.15, -0.1) is 0 Å². The second kappa shape index (κ2) is 7.31. The fourth-order valence-corrected chi connectivity index (χ4v) is 1.81. The topological polar surface area (TPSA) is 73.6 Å². The summed E-state index contributed by atoms with van der Waals surface area (Å²) in [5.74, 6) is -1.02. The summed E-state index contributed by atoms with van der Waals surface area (Å²) in [4.78, 5) is 12.5. The van der Waals surface area contributed by atoms with Crippen LogP contribution in [0, 0.1) is 11.3 Å². The Hall–Kier alpha value is -2.32. The molecule has 5 nitrogen and oxygen atoms in total. The summed E-state index contributed by atoms with van der Waals surface area (Å²) in [5, 5.41) is 17.8. The van der Waals surface area contributed by atoms with Gasteiger partial charge in [0.1, 0.15) is 6.07 Å². The van der Waals surface area contributed by atoms with Crippen LogP contribution in [0.5, 0.6) is 0 Å². The highest BCUT2D eigenvalue weighted by molar-refractivity contribution is 5.85. The van der Waals surface area contributed by atoms with Gasteiger partial charge in [0.05, 0.1) is 17.9 Å². The van der Waals surface area contributed by atoms with Crippen molar-refractivity contribution in [2.75, 3.05) is 25.7 Å². The monoisotopic (exact) mass is 274 g/mol. The molecule has 0 aromatic heterocycles. The average Bonchev–Trinajstić information content (AvgIpc) is 2.44. The molecule has 0 aliphatic heterocycles. The number of hydrogen-bond donors (Lipinski definition) is 1. The molecule has 1 atom stereocenters. The quantitative estimate of drug-likeness (QED) is 0.804. The third kappa shape index (κ3) is 4.11. The van der Waals surface area contributed by atoms with Gasteiger partial charge in [-0.05, 0) is 30.7 Å². The maximum Gasteiger partial charge on any atom is 0.328 e. The van der Waals surface area contributed by atoms with Crippen LogP contribution in [0.2, 0.25) is 0 Å². The van der Waals surface area contributed by atoms with Crippen LogP contribution in [0.3, 0.4) is 0 Å². The highest BCUT2D eigenvalue weighted by atomic mass is 16.5. The van der Waals surface area contributed by atoms with E-state index in [-0.39, 0.29) is 6.04 Å². The molecule has 1 unspecified atom stereocenters. The third-order valence-electron chi connectivity index (χ3n) is 3.01. The largest absolute Gasteiger partial charge is 0.478 e. The van der Waals surface area contributed by atoms with Gasteiger partial charge in [-0.25, -0.2) is 4.79 Å². The lowest BCUT2D eigenvalue weighted by Gasteiger charge is -2.27. The van der Waals surface area contributed by atoms with E-state index < -0.39 is 5.97 Å². The van der Waals surface area contributed by atoms with E-state index >= 15 is 0 Å². The number of ether oxygens (including phenoxy) is 1. The Morgan fingerprint density at radius 3 is 2.85 bits per heavy atom. The number of benzene rings is 1. The smallest absolute Gasteiger partial charge is 0.328 e. The molecule has 0 bridgehead atoms. The summed E-state index contributed by atoms with van der Waals surface area (Å²) >= 11 is 0. The van der Waals surface area contributed by atoms with Gasteiger partial charge in [0.25, 0.3) is 0 Å². The fraction of sp³-hybridized carbons (Fsp3) is 0.333. The van der Waals surface area contributed by atoms with Crippen LogP contribution in [0.1, 0.15) is 18.1 Å². The van der Waals surface area contributed by atoms with E-state index in [0.717, 1.165) is 11.8 Å². The minimum Gasteiger partial charge on any atom is -0.478 e. The highest BCUT2D eigenvalue weighted by Crippen LogP contribution is 2.22. The van der Waals surface area contributed by atoms with Crippen molar-refractivity contribution >= 4 is 17.7 Å². The molecule has 20 heavy (non-hydrogen) atoms. The first kappa shape index (κ1) is 15.7. The van der Waals surface area contributed by atoms with Crippen LogP contribution in [-0.4, -0.2) is 37.9 Å². The molecule has 106 valence electrons. The maximum absolute atomic E-state index is 10.5. The Labute approximate surface area is 118 Å². The van der Waals surface area contributed by atoms with Crippen molar-refractivity contribution in [2.24, 2.45) is 0 Å². The normalized spacial score (nSPS) is 12.1. The summed E-state index contributed by atoms with van der Waals surface area (Å²) in [6.45, 7) is 2.56. The third-order valence-corrected chi connectivity index (χ3v) is 3.01. The van der Waals surface area contributed by atoms with Crippen molar-refractivity contribution in [3.8, 4) is 6.07 Å². The first-order valence-corrected chi connectivity index (χ1v) is 6.16. The van der Waals surface area contributed by atoms with Crippen molar-refractivity contribution < 1.29 is 14.6 Å².